The molecular formula is C54H86N2O17S. The van der Waals surface area contributed by atoms with E-state index < -0.39 is 105 Å². The van der Waals surface area contributed by atoms with Gasteiger partial charge >= 0.3 is 11.9 Å². The SMILES string of the molecule is CCOC(=O)CS(=O)(=O)NC1C[C@H]2CC[C@H](C)[C@](O)(O2)C(=O)C(=O)N(C)C(C)C(=O)OC([C@H](C)C[C@@H]2CC[C@@H](OCCOC)[C@H](OC)C2)CC(=O)C(C)/C=C(\C)C(O)C(OC)C(=O)C(C)CC/C=C/C=C/C=C/1C. The second kappa shape index (κ2) is 30.7. The molecule has 0 spiro atoms. The minimum atomic E-state index is -4.29. The van der Waals surface area contributed by atoms with Gasteiger partial charge in [0.15, 0.2) is 11.5 Å². The Balaban J connectivity index is 2.05. The maximum Gasteiger partial charge on any atom is 0.328 e. The van der Waals surface area contributed by atoms with E-state index in [9.17, 15) is 47.4 Å². The van der Waals surface area contributed by atoms with Crippen LogP contribution in [-0.2, 0) is 71.9 Å². The van der Waals surface area contributed by atoms with Crippen molar-refractivity contribution in [3.8, 4) is 0 Å². The molecule has 0 aromatic carbocycles. The molecule has 14 atom stereocenters. The van der Waals surface area contributed by atoms with Gasteiger partial charge in [0, 0.05) is 58.6 Å². The number of rotatable bonds is 14. The lowest BCUT2D eigenvalue weighted by Crippen LogP contribution is -2.59. The number of amides is 1. The molecule has 2 heterocycles. The number of nitrogens with zero attached hydrogens (tertiary/aromatic N) is 1. The number of hydrogen-bond acceptors (Lipinski definition) is 17. The van der Waals surface area contributed by atoms with Crippen LogP contribution in [0.25, 0.3) is 0 Å². The molecule has 420 valence electrons. The van der Waals surface area contributed by atoms with Crippen molar-refractivity contribution in [1.29, 1.82) is 0 Å². The van der Waals surface area contributed by atoms with E-state index in [-0.39, 0.29) is 62.0 Å². The third-order valence-corrected chi connectivity index (χ3v) is 16.0. The Labute approximate surface area is 439 Å². The second-order valence-electron chi connectivity index (χ2n) is 20.4. The number of allylic oxidation sites excluding steroid dienone is 6. The first-order valence-electron chi connectivity index (χ1n) is 26.0. The third-order valence-electron chi connectivity index (χ3n) is 14.7. The first-order chi connectivity index (χ1) is 34.8. The number of esters is 2. The predicted octanol–water partition coefficient (Wildman–Crippen LogP) is 4.91. The van der Waals surface area contributed by atoms with E-state index in [1.54, 1.807) is 79.2 Å². The zero-order chi connectivity index (χ0) is 55.5. The number of carbonyl (C=O) groups is 6. The molecule has 19 nitrogen and oxygen atoms in total. The van der Waals surface area contributed by atoms with Crippen molar-refractivity contribution in [3.05, 3.63) is 47.6 Å². The van der Waals surface area contributed by atoms with Gasteiger partial charge in [-0.15, -0.1) is 0 Å². The summed E-state index contributed by atoms with van der Waals surface area (Å²) in [6.07, 6.45) is 8.98. The number of ether oxygens (including phenoxy) is 7. The quantitative estimate of drug-likeness (QED) is 0.0904. The van der Waals surface area contributed by atoms with E-state index in [0.29, 0.717) is 56.5 Å². The molecule has 3 N–H and O–H groups in total. The number of fused-ring (bicyclic) bond motifs is 2. The highest BCUT2D eigenvalue weighted by Gasteiger charge is 2.52. The molecule has 1 amide bonds. The molecule has 1 saturated heterocycles. The first-order valence-corrected chi connectivity index (χ1v) is 27.7. The Bertz CT molecular complexity index is 2120. The summed E-state index contributed by atoms with van der Waals surface area (Å²) in [5, 5.41) is 23.4. The minimum Gasteiger partial charge on any atom is -0.465 e. The maximum absolute atomic E-state index is 14.2. The smallest absolute Gasteiger partial charge is 0.328 e. The molecule has 2 fully saturated rings. The van der Waals surface area contributed by atoms with Crippen molar-refractivity contribution in [2.45, 2.75) is 174 Å². The van der Waals surface area contributed by atoms with Crippen LogP contribution in [0.15, 0.2) is 47.6 Å². The molecular weight excluding hydrogens is 981 g/mol. The van der Waals surface area contributed by atoms with Crippen molar-refractivity contribution in [3.63, 3.8) is 0 Å². The standard InChI is InChI=1S/C54H86N2O17S/c1-13-70-47(58)32-74(65,66)55-42-30-41-23-21-38(7)54(64,73-41)51(61)52(62)56(9)39(8)53(63)72-45(36(5)28-40-22-24-44(46(29-40)68-11)71-26-25-67-10)31-43(57)35(4)27-37(6)49(60)50(69-12)48(59)34(3)20-18-16-14-15-17-19-33(42)2/h14-17,19,27,34-36,38-42,44-46,49-50,55,60,64H,13,18,20-26,28-32H2,1-12H3/b16-14+,17-15+,33-19+,37-27+/t34?,35?,36-,38+,39?,40+,41-,42?,44-,45?,46-,49?,50?,54+/m1/s1. The number of carbonyl (C=O) groups excluding carboxylic acids is 6. The fourth-order valence-corrected chi connectivity index (χ4v) is 10.9. The fraction of sp³-hybridized carbons (Fsp3) is 0.741. The average Bonchev–Trinajstić information content (AvgIpc) is 3.35. The van der Waals surface area contributed by atoms with Gasteiger partial charge < -0.3 is 48.3 Å². The van der Waals surface area contributed by atoms with Crippen molar-refractivity contribution >= 4 is 45.2 Å². The minimum absolute atomic E-state index is 0.0305. The molecule has 1 saturated carbocycles. The van der Waals surface area contributed by atoms with E-state index in [0.717, 1.165) is 11.3 Å². The van der Waals surface area contributed by atoms with Crippen LogP contribution in [0.3, 0.4) is 0 Å². The van der Waals surface area contributed by atoms with Gasteiger partial charge in [-0.25, -0.2) is 17.9 Å². The van der Waals surface area contributed by atoms with Crippen molar-refractivity contribution in [2.24, 2.45) is 29.6 Å². The lowest BCUT2D eigenvalue weighted by molar-refractivity contribution is -0.263. The monoisotopic (exact) mass is 1070 g/mol. The summed E-state index contributed by atoms with van der Waals surface area (Å²) < 4.78 is 68.7. The van der Waals surface area contributed by atoms with Crippen LogP contribution in [0, 0.1) is 29.6 Å². The van der Waals surface area contributed by atoms with Gasteiger partial charge in [-0.2, -0.15) is 0 Å². The highest BCUT2D eigenvalue weighted by atomic mass is 32.2. The van der Waals surface area contributed by atoms with Gasteiger partial charge in [-0.05, 0) is 103 Å². The van der Waals surface area contributed by atoms with E-state index in [1.807, 2.05) is 13.0 Å². The number of cyclic esters (lactones) is 1. The molecule has 20 heteroatoms. The fourth-order valence-electron chi connectivity index (χ4n) is 9.70. The molecule has 2 aliphatic heterocycles. The summed E-state index contributed by atoms with van der Waals surface area (Å²) in [6, 6.07) is -2.40. The summed E-state index contributed by atoms with van der Waals surface area (Å²) in [7, 11) is 1.49. The van der Waals surface area contributed by atoms with Gasteiger partial charge in [-0.1, -0.05) is 69.7 Å². The molecule has 1 aliphatic carbocycles. The highest BCUT2D eigenvalue weighted by Crippen LogP contribution is 2.37. The Morgan fingerprint density at radius 1 is 0.919 bits per heavy atom. The van der Waals surface area contributed by atoms with Gasteiger partial charge in [0.2, 0.25) is 15.8 Å². The van der Waals surface area contributed by atoms with Crippen LogP contribution < -0.4 is 4.72 Å². The van der Waals surface area contributed by atoms with Gasteiger partial charge in [0.1, 0.15) is 30.1 Å². The number of hydrogen-bond donors (Lipinski definition) is 3. The van der Waals surface area contributed by atoms with Crippen molar-refractivity contribution < 1.29 is 80.6 Å². The summed E-state index contributed by atoms with van der Waals surface area (Å²) >= 11 is 0. The number of sulfonamides is 1. The molecule has 0 aromatic rings. The number of likely N-dealkylation sites (N-methyl/N-ethyl adjacent to an activating group) is 1. The Kier molecular flexibility index (Phi) is 26.7. The number of aliphatic hydroxyl groups excluding tert-OH is 1. The first kappa shape index (κ1) is 64.3. The van der Waals surface area contributed by atoms with E-state index in [2.05, 4.69) is 4.72 Å². The van der Waals surface area contributed by atoms with E-state index >= 15 is 0 Å². The lowest BCUT2D eigenvalue weighted by Gasteiger charge is -2.42. The van der Waals surface area contributed by atoms with Gasteiger partial charge in [-0.3, -0.25) is 24.0 Å². The summed E-state index contributed by atoms with van der Waals surface area (Å²) in [6.45, 7) is 13.8. The predicted molar refractivity (Wildman–Crippen MR) is 276 cm³/mol. The van der Waals surface area contributed by atoms with Crippen molar-refractivity contribution in [1.82, 2.24) is 9.62 Å². The summed E-state index contributed by atoms with van der Waals surface area (Å²) in [4.78, 5) is 83.3. The molecule has 0 radical (unpaired) electrons. The number of methoxy groups -OCH3 is 3. The van der Waals surface area contributed by atoms with Crippen LogP contribution in [0.4, 0.5) is 0 Å². The average molecular weight is 1070 g/mol. The molecule has 74 heavy (non-hydrogen) atoms. The largest absolute Gasteiger partial charge is 0.465 e. The summed E-state index contributed by atoms with van der Waals surface area (Å²) in [5.74, 6) is -11.3. The zero-order valence-electron chi connectivity index (χ0n) is 45.7. The normalized spacial score (nSPS) is 35.2. The Morgan fingerprint density at radius 3 is 2.27 bits per heavy atom. The molecule has 7 unspecified atom stereocenters. The van der Waals surface area contributed by atoms with Gasteiger partial charge in [0.05, 0.1) is 38.1 Å². The summed E-state index contributed by atoms with van der Waals surface area (Å²) in [5.41, 5.74) is 0.821. The number of aliphatic hydroxyl groups is 2. The Morgan fingerprint density at radius 2 is 1.62 bits per heavy atom. The van der Waals surface area contributed by atoms with Gasteiger partial charge in [0.25, 0.3) is 11.7 Å². The number of Topliss-reactive ketones (excluding diaryl/α,β-unsaturated/α-hetero) is 3. The van der Waals surface area contributed by atoms with Crippen LogP contribution in [-0.4, -0.2) is 167 Å². The third kappa shape index (κ3) is 18.9. The molecule has 3 rings (SSSR count). The number of nitrogens with one attached hydrogen (secondary N) is 1. The molecule has 2 bridgehead atoms. The number of ketones is 3. The Hall–Kier alpha value is -3.99. The molecule has 3 aliphatic rings. The lowest BCUT2D eigenvalue weighted by atomic mass is 9.78. The zero-order valence-corrected chi connectivity index (χ0v) is 46.6. The van der Waals surface area contributed by atoms with E-state index in [1.165, 1.54) is 28.0 Å². The van der Waals surface area contributed by atoms with Crippen LogP contribution in [0.1, 0.15) is 120 Å². The van der Waals surface area contributed by atoms with Crippen LogP contribution >= 0.6 is 0 Å². The maximum atomic E-state index is 14.2. The van der Waals surface area contributed by atoms with Crippen molar-refractivity contribution in [2.75, 3.05) is 54.0 Å². The topological polar surface area (TPSA) is 257 Å². The highest BCUT2D eigenvalue weighted by molar-refractivity contribution is 7.90. The van der Waals surface area contributed by atoms with Crippen LogP contribution in [0.2, 0.25) is 0 Å². The second-order valence-corrected chi connectivity index (χ2v) is 22.2. The van der Waals surface area contributed by atoms with E-state index in [4.69, 9.17) is 33.2 Å². The van der Waals surface area contributed by atoms with Crippen LogP contribution in [0.5, 0.6) is 0 Å². The molecule has 0 aromatic heterocycles.